The fourth-order valence-electron chi connectivity index (χ4n) is 3.98. The lowest BCUT2D eigenvalue weighted by molar-refractivity contribution is -0.146. The molecule has 2 amide bonds. The molecule has 1 fully saturated rings. The zero-order valence-corrected chi connectivity index (χ0v) is 18.0. The first kappa shape index (κ1) is 22.1. The molecule has 2 aliphatic rings. The van der Waals surface area contributed by atoms with E-state index in [-0.39, 0.29) is 53.6 Å². The molecule has 8 nitrogen and oxygen atoms in total. The number of carbonyl (C=O) groups is 2. The molecule has 1 aromatic rings. The lowest BCUT2D eigenvalue weighted by Crippen LogP contribution is -2.48. The summed E-state index contributed by atoms with van der Waals surface area (Å²) in [7, 11) is 4.97. The Balaban J connectivity index is 2.00. The highest BCUT2D eigenvalue weighted by atomic mass is 16.6. The molecule has 2 heterocycles. The van der Waals surface area contributed by atoms with E-state index in [4.69, 9.17) is 14.2 Å². The van der Waals surface area contributed by atoms with Crippen LogP contribution in [0.3, 0.4) is 0 Å². The highest BCUT2D eigenvalue weighted by Gasteiger charge is 2.34. The van der Waals surface area contributed by atoms with Gasteiger partial charge in [0.1, 0.15) is 30.6 Å². The third kappa shape index (κ3) is 4.42. The summed E-state index contributed by atoms with van der Waals surface area (Å²) >= 11 is 0. The first-order valence-corrected chi connectivity index (χ1v) is 10.2. The van der Waals surface area contributed by atoms with Gasteiger partial charge in [0.25, 0.3) is 5.91 Å². The Morgan fingerprint density at radius 1 is 1.20 bits per heavy atom. The summed E-state index contributed by atoms with van der Waals surface area (Å²) < 4.78 is 17.8. The van der Waals surface area contributed by atoms with Crippen LogP contribution in [0.2, 0.25) is 0 Å². The molecule has 0 saturated carbocycles. The van der Waals surface area contributed by atoms with Crippen molar-refractivity contribution in [1.29, 1.82) is 5.26 Å². The van der Waals surface area contributed by atoms with E-state index in [0.717, 1.165) is 12.8 Å². The van der Waals surface area contributed by atoms with Crippen LogP contribution in [0.5, 0.6) is 5.75 Å². The van der Waals surface area contributed by atoms with E-state index in [1.165, 1.54) is 4.90 Å². The van der Waals surface area contributed by atoms with Crippen LogP contribution < -0.4 is 4.74 Å². The number of carbonyl (C=O) groups excluding carboxylic acids is 2. The van der Waals surface area contributed by atoms with Gasteiger partial charge in [-0.2, -0.15) is 5.26 Å². The average molecular weight is 415 g/mol. The predicted molar refractivity (Wildman–Crippen MR) is 109 cm³/mol. The van der Waals surface area contributed by atoms with Gasteiger partial charge in [-0.25, -0.2) is 0 Å². The first-order chi connectivity index (χ1) is 14.4. The largest absolute Gasteiger partial charge is 0.489 e. The van der Waals surface area contributed by atoms with Crippen molar-refractivity contribution in [3.8, 4) is 11.8 Å². The number of likely N-dealkylation sites (N-methyl/N-ethyl adjacent to an activating group) is 2. The summed E-state index contributed by atoms with van der Waals surface area (Å²) in [6.07, 6.45) is 1.87. The maximum absolute atomic E-state index is 13.2. The van der Waals surface area contributed by atoms with Crippen molar-refractivity contribution in [3.05, 3.63) is 29.3 Å². The molecule has 1 aromatic carbocycles. The molecule has 0 aliphatic carbocycles. The average Bonchev–Trinajstić information content (AvgIpc) is 2.78. The molecule has 0 spiro atoms. The standard InChI is InChI=1S/C22H29N3O5/c1-14-21(26)24(2)11-10-16-8-9-18(28-4)19(30-16)13-29-20-15(12-23)6-5-7-17(20)22(27)25(14)3/h5-7,14,16,18-19H,8-11,13H2,1-4H3/t14-,16-,18+,19-/m0/s1. The summed E-state index contributed by atoms with van der Waals surface area (Å²) in [5.41, 5.74) is 0.510. The molecule has 0 aromatic heterocycles. The smallest absolute Gasteiger partial charge is 0.258 e. The molecule has 30 heavy (non-hydrogen) atoms. The third-order valence-corrected chi connectivity index (χ3v) is 6.04. The van der Waals surface area contributed by atoms with Gasteiger partial charge in [0.2, 0.25) is 5.91 Å². The van der Waals surface area contributed by atoms with Crippen LogP contribution in [0.4, 0.5) is 0 Å². The first-order valence-electron chi connectivity index (χ1n) is 10.2. The van der Waals surface area contributed by atoms with E-state index in [0.29, 0.717) is 13.0 Å². The van der Waals surface area contributed by atoms with Crippen LogP contribution in [0.1, 0.15) is 42.1 Å². The van der Waals surface area contributed by atoms with Gasteiger partial charge < -0.3 is 24.0 Å². The maximum Gasteiger partial charge on any atom is 0.258 e. The van der Waals surface area contributed by atoms with Gasteiger partial charge in [0.15, 0.2) is 0 Å². The van der Waals surface area contributed by atoms with Gasteiger partial charge in [-0.3, -0.25) is 9.59 Å². The van der Waals surface area contributed by atoms with Crippen LogP contribution >= 0.6 is 0 Å². The van der Waals surface area contributed by atoms with Gasteiger partial charge in [0.05, 0.1) is 23.3 Å². The highest BCUT2D eigenvalue weighted by molar-refractivity contribution is 6.00. The Hall–Kier alpha value is -2.63. The number of ether oxygens (including phenoxy) is 3. The Morgan fingerprint density at radius 3 is 2.67 bits per heavy atom. The number of hydrogen-bond acceptors (Lipinski definition) is 6. The number of fused-ring (bicyclic) bond motifs is 3. The molecule has 3 rings (SSSR count). The van der Waals surface area contributed by atoms with Gasteiger partial charge in [-0.15, -0.1) is 0 Å². The summed E-state index contributed by atoms with van der Waals surface area (Å²) in [4.78, 5) is 29.1. The normalized spacial score (nSPS) is 28.2. The number of benzene rings is 1. The SMILES string of the molecule is CO[C@@H]1CC[C@H]2CCN(C)C(=O)[C@H](C)N(C)C(=O)c3cccc(C#N)c3OC[C@@H]1O2. The second-order valence-electron chi connectivity index (χ2n) is 7.89. The maximum atomic E-state index is 13.2. The number of nitrogens with zero attached hydrogens (tertiary/aromatic N) is 3. The Kier molecular flexibility index (Phi) is 6.95. The number of rotatable bonds is 1. The minimum Gasteiger partial charge on any atom is -0.489 e. The molecule has 8 heteroatoms. The lowest BCUT2D eigenvalue weighted by atomic mass is 9.99. The lowest BCUT2D eigenvalue weighted by Gasteiger charge is -2.37. The molecule has 162 valence electrons. The second-order valence-corrected chi connectivity index (χ2v) is 7.89. The van der Waals surface area contributed by atoms with E-state index >= 15 is 0 Å². The minimum absolute atomic E-state index is 0.0106. The Bertz CT molecular complexity index is 837. The van der Waals surface area contributed by atoms with Crippen LogP contribution in [0.15, 0.2) is 18.2 Å². The zero-order valence-electron chi connectivity index (χ0n) is 18.0. The number of nitriles is 1. The van der Waals surface area contributed by atoms with Crippen LogP contribution in [0.25, 0.3) is 0 Å². The van der Waals surface area contributed by atoms with Crippen molar-refractivity contribution < 1.29 is 23.8 Å². The molecule has 1 saturated heterocycles. The minimum atomic E-state index is -0.651. The van der Waals surface area contributed by atoms with E-state index in [2.05, 4.69) is 6.07 Å². The van der Waals surface area contributed by atoms with Crippen LogP contribution in [-0.2, 0) is 14.3 Å². The Morgan fingerprint density at radius 2 is 1.97 bits per heavy atom. The van der Waals surface area contributed by atoms with Gasteiger partial charge >= 0.3 is 0 Å². The number of amides is 2. The third-order valence-electron chi connectivity index (χ3n) is 6.04. The van der Waals surface area contributed by atoms with Crippen molar-refractivity contribution in [2.45, 2.75) is 50.5 Å². The molecular formula is C22H29N3O5. The topological polar surface area (TPSA) is 92.1 Å². The second kappa shape index (κ2) is 9.45. The molecule has 4 atom stereocenters. The summed E-state index contributed by atoms with van der Waals surface area (Å²) in [5.74, 6) is -0.314. The summed E-state index contributed by atoms with van der Waals surface area (Å²) in [6, 6.07) is 6.30. The van der Waals surface area contributed by atoms with E-state index in [1.54, 1.807) is 51.2 Å². The van der Waals surface area contributed by atoms with Gasteiger partial charge in [-0.1, -0.05) is 6.07 Å². The zero-order chi connectivity index (χ0) is 21.8. The number of hydrogen-bond donors (Lipinski definition) is 0. The van der Waals surface area contributed by atoms with Crippen molar-refractivity contribution in [2.75, 3.05) is 34.4 Å². The van der Waals surface area contributed by atoms with Crippen molar-refractivity contribution in [2.24, 2.45) is 0 Å². The van der Waals surface area contributed by atoms with Gasteiger partial charge in [0, 0.05) is 27.7 Å². The van der Waals surface area contributed by atoms with Crippen LogP contribution in [-0.4, -0.2) is 80.3 Å². The number of methoxy groups -OCH3 is 1. The number of para-hydroxylation sites is 1. The van der Waals surface area contributed by atoms with E-state index < -0.39 is 6.04 Å². The van der Waals surface area contributed by atoms with Gasteiger partial charge in [-0.05, 0) is 38.3 Å². The molecule has 2 aliphatic heterocycles. The van der Waals surface area contributed by atoms with Crippen LogP contribution in [0, 0.1) is 11.3 Å². The molecular weight excluding hydrogens is 386 g/mol. The van der Waals surface area contributed by atoms with E-state index in [9.17, 15) is 14.9 Å². The summed E-state index contributed by atoms with van der Waals surface area (Å²) in [6.45, 7) is 2.41. The fourth-order valence-corrected chi connectivity index (χ4v) is 3.98. The molecule has 0 unspecified atom stereocenters. The van der Waals surface area contributed by atoms with Crippen molar-refractivity contribution >= 4 is 11.8 Å². The molecule has 0 radical (unpaired) electrons. The van der Waals surface area contributed by atoms with E-state index in [1.807, 2.05) is 0 Å². The fraction of sp³-hybridized carbons (Fsp3) is 0.591. The summed E-state index contributed by atoms with van der Waals surface area (Å²) in [5, 5.41) is 9.55. The highest BCUT2D eigenvalue weighted by Crippen LogP contribution is 2.29. The molecule has 2 bridgehead atoms. The predicted octanol–water partition coefficient (Wildman–Crippen LogP) is 1.82. The van der Waals surface area contributed by atoms with Crippen molar-refractivity contribution in [1.82, 2.24) is 9.80 Å². The van der Waals surface area contributed by atoms with Crippen molar-refractivity contribution in [3.63, 3.8) is 0 Å². The quantitative estimate of drug-likeness (QED) is 0.695. The molecule has 0 N–H and O–H groups in total. The Labute approximate surface area is 177 Å². The monoisotopic (exact) mass is 415 g/mol.